The highest BCUT2D eigenvalue weighted by atomic mass is 16.6. The molecule has 20 heavy (non-hydrogen) atoms. The largest absolute Gasteiger partial charge is 0.394 e. The minimum absolute atomic E-state index is 0.0861. The van der Waals surface area contributed by atoms with Crippen LogP contribution in [0.5, 0.6) is 0 Å². The zero-order valence-electron chi connectivity index (χ0n) is 13.0. The van der Waals surface area contributed by atoms with Gasteiger partial charge in [0, 0.05) is 26.6 Å². The van der Waals surface area contributed by atoms with Crippen LogP contribution in [0.3, 0.4) is 0 Å². The lowest BCUT2D eigenvalue weighted by Gasteiger charge is -2.52. The van der Waals surface area contributed by atoms with Gasteiger partial charge in [-0.25, -0.2) is 0 Å². The summed E-state index contributed by atoms with van der Waals surface area (Å²) >= 11 is 0. The Labute approximate surface area is 120 Å². The molecular weight excluding hydrogens is 262 g/mol. The quantitative estimate of drug-likeness (QED) is 0.737. The van der Waals surface area contributed by atoms with Gasteiger partial charge in [0.25, 0.3) is 0 Å². The summed E-state index contributed by atoms with van der Waals surface area (Å²) in [5.74, 6) is -0.136. The third kappa shape index (κ3) is 3.31. The Morgan fingerprint density at radius 2 is 2.10 bits per heavy atom. The molecule has 0 bridgehead atoms. The van der Waals surface area contributed by atoms with Crippen molar-refractivity contribution in [2.75, 3.05) is 27.4 Å². The molecule has 6 heteroatoms. The Kier molecular flexibility index (Phi) is 6.39. The fourth-order valence-electron chi connectivity index (χ4n) is 3.05. The molecular formula is C14H27NO5. The number of hydrogen-bond acceptors (Lipinski definition) is 5. The molecule has 6 nitrogen and oxygen atoms in total. The first-order valence-electron chi connectivity index (χ1n) is 6.99. The lowest BCUT2D eigenvalue weighted by molar-refractivity contribution is -0.224. The summed E-state index contributed by atoms with van der Waals surface area (Å²) in [6, 6.07) is -0.301. The van der Waals surface area contributed by atoms with E-state index in [0.717, 1.165) is 6.42 Å². The summed E-state index contributed by atoms with van der Waals surface area (Å²) < 4.78 is 16.8. The van der Waals surface area contributed by atoms with Crippen LogP contribution in [-0.4, -0.2) is 62.8 Å². The topological polar surface area (TPSA) is 77.0 Å². The van der Waals surface area contributed by atoms with Crippen LogP contribution in [0.25, 0.3) is 0 Å². The predicted octanol–water partition coefficient (Wildman–Crippen LogP) is 0.329. The molecule has 0 aliphatic carbocycles. The number of hydrogen-bond donors (Lipinski definition) is 2. The van der Waals surface area contributed by atoms with E-state index in [1.165, 1.54) is 6.92 Å². The van der Waals surface area contributed by atoms with Crippen LogP contribution in [0.4, 0.5) is 0 Å². The van der Waals surface area contributed by atoms with Gasteiger partial charge in [-0.3, -0.25) is 4.79 Å². The number of aliphatic hydroxyl groups is 1. The van der Waals surface area contributed by atoms with E-state index < -0.39 is 0 Å². The van der Waals surface area contributed by atoms with E-state index in [1.807, 2.05) is 13.8 Å². The Balaban J connectivity index is 3.10. The first-order chi connectivity index (χ1) is 9.44. The fourth-order valence-corrected chi connectivity index (χ4v) is 3.05. The van der Waals surface area contributed by atoms with Crippen LogP contribution < -0.4 is 5.32 Å². The smallest absolute Gasteiger partial charge is 0.217 e. The number of amides is 1. The second-order valence-corrected chi connectivity index (χ2v) is 5.54. The summed E-state index contributed by atoms with van der Waals surface area (Å²) in [7, 11) is 3.20. The molecule has 0 aromatic rings. The van der Waals surface area contributed by atoms with E-state index in [-0.39, 0.29) is 42.3 Å². The number of aliphatic hydroxyl groups excluding tert-OH is 1. The van der Waals surface area contributed by atoms with Crippen LogP contribution in [0.2, 0.25) is 0 Å². The number of carbonyl (C=O) groups is 1. The second-order valence-electron chi connectivity index (χ2n) is 5.54. The summed E-state index contributed by atoms with van der Waals surface area (Å²) in [5.41, 5.74) is -0.374. The van der Waals surface area contributed by atoms with Crippen molar-refractivity contribution < 1.29 is 24.1 Å². The highest BCUT2D eigenvalue weighted by molar-refractivity contribution is 5.73. The molecule has 118 valence electrons. The van der Waals surface area contributed by atoms with Crippen molar-refractivity contribution in [2.24, 2.45) is 5.41 Å². The van der Waals surface area contributed by atoms with Gasteiger partial charge in [-0.15, -0.1) is 0 Å². The molecule has 1 aliphatic rings. The minimum Gasteiger partial charge on any atom is -0.394 e. The molecule has 2 N–H and O–H groups in total. The number of methoxy groups -OCH3 is 2. The van der Waals surface area contributed by atoms with Crippen LogP contribution in [0.15, 0.2) is 0 Å². The number of nitrogens with one attached hydrogen (secondary N) is 1. The van der Waals surface area contributed by atoms with E-state index in [2.05, 4.69) is 5.32 Å². The summed E-state index contributed by atoms with van der Waals surface area (Å²) in [5, 5.41) is 12.5. The molecule has 1 rings (SSSR count). The predicted molar refractivity (Wildman–Crippen MR) is 74.4 cm³/mol. The average Bonchev–Trinajstić information content (AvgIpc) is 2.41. The van der Waals surface area contributed by atoms with Gasteiger partial charge in [-0.1, -0.05) is 13.8 Å². The molecule has 0 aromatic heterocycles. The Morgan fingerprint density at radius 3 is 2.50 bits per heavy atom. The first kappa shape index (κ1) is 17.4. The molecule has 0 radical (unpaired) electrons. The molecule has 0 aromatic carbocycles. The van der Waals surface area contributed by atoms with Gasteiger partial charge < -0.3 is 24.6 Å². The second kappa shape index (κ2) is 7.36. The molecule has 1 heterocycles. The van der Waals surface area contributed by atoms with Gasteiger partial charge in [0.2, 0.25) is 5.91 Å². The maximum atomic E-state index is 11.5. The molecule has 1 saturated heterocycles. The van der Waals surface area contributed by atoms with E-state index in [1.54, 1.807) is 14.2 Å². The first-order valence-corrected chi connectivity index (χ1v) is 6.99. The standard InChI is InChI=1S/C14H27NO5/c1-6-14(3)11(7-16)20-10(8-18-4)12(13(14)19-5)15-9(2)17/h10-13,16H,6-8H2,1-5H3,(H,15,17). The third-order valence-corrected chi connectivity index (χ3v) is 4.33. The maximum Gasteiger partial charge on any atom is 0.217 e. The zero-order valence-corrected chi connectivity index (χ0v) is 13.0. The van der Waals surface area contributed by atoms with Crippen molar-refractivity contribution in [2.45, 2.75) is 51.5 Å². The Morgan fingerprint density at radius 1 is 1.45 bits per heavy atom. The van der Waals surface area contributed by atoms with Gasteiger partial charge in [0.05, 0.1) is 31.5 Å². The molecule has 0 spiro atoms. The molecule has 5 unspecified atom stereocenters. The van der Waals surface area contributed by atoms with E-state index >= 15 is 0 Å². The molecule has 0 saturated carbocycles. The van der Waals surface area contributed by atoms with Crippen molar-refractivity contribution >= 4 is 5.91 Å². The molecule has 1 fully saturated rings. The maximum absolute atomic E-state index is 11.5. The van der Waals surface area contributed by atoms with E-state index in [4.69, 9.17) is 14.2 Å². The third-order valence-electron chi connectivity index (χ3n) is 4.33. The normalized spacial score (nSPS) is 37.7. The molecule has 5 atom stereocenters. The van der Waals surface area contributed by atoms with Gasteiger partial charge in [-0.2, -0.15) is 0 Å². The van der Waals surface area contributed by atoms with Crippen LogP contribution in [0.1, 0.15) is 27.2 Å². The van der Waals surface area contributed by atoms with Crippen molar-refractivity contribution in [1.29, 1.82) is 0 Å². The number of carbonyl (C=O) groups excluding carboxylic acids is 1. The molecule has 1 amide bonds. The number of ether oxygens (including phenoxy) is 3. The molecule has 1 aliphatic heterocycles. The van der Waals surface area contributed by atoms with Gasteiger partial charge >= 0.3 is 0 Å². The summed E-state index contributed by atoms with van der Waals surface area (Å²) in [4.78, 5) is 11.5. The fraction of sp³-hybridized carbons (Fsp3) is 0.929. The van der Waals surface area contributed by atoms with Crippen LogP contribution in [0, 0.1) is 5.41 Å². The monoisotopic (exact) mass is 289 g/mol. The lowest BCUT2D eigenvalue weighted by Crippen LogP contribution is -2.67. The Hall–Kier alpha value is -0.690. The van der Waals surface area contributed by atoms with Crippen molar-refractivity contribution in [3.8, 4) is 0 Å². The minimum atomic E-state index is -0.374. The van der Waals surface area contributed by atoms with Gasteiger partial charge in [-0.05, 0) is 6.42 Å². The lowest BCUT2D eigenvalue weighted by atomic mass is 9.70. The van der Waals surface area contributed by atoms with Crippen LogP contribution >= 0.6 is 0 Å². The summed E-state index contributed by atoms with van der Waals surface area (Å²) in [6.45, 7) is 5.76. The highest BCUT2D eigenvalue weighted by Gasteiger charge is 2.52. The van der Waals surface area contributed by atoms with Crippen molar-refractivity contribution in [3.63, 3.8) is 0 Å². The van der Waals surface area contributed by atoms with E-state index in [0.29, 0.717) is 6.61 Å². The Bertz CT molecular complexity index is 325. The van der Waals surface area contributed by atoms with Crippen LogP contribution in [-0.2, 0) is 19.0 Å². The SMILES string of the molecule is CCC1(C)C(CO)OC(COC)C(NC(C)=O)C1OC. The highest BCUT2D eigenvalue weighted by Crippen LogP contribution is 2.41. The summed E-state index contributed by atoms with van der Waals surface area (Å²) in [6.07, 6.45) is -0.164. The van der Waals surface area contributed by atoms with Crippen molar-refractivity contribution in [1.82, 2.24) is 5.32 Å². The van der Waals surface area contributed by atoms with Gasteiger partial charge in [0.15, 0.2) is 0 Å². The number of rotatable bonds is 6. The van der Waals surface area contributed by atoms with Crippen molar-refractivity contribution in [3.05, 3.63) is 0 Å². The zero-order chi connectivity index (χ0) is 15.3. The van der Waals surface area contributed by atoms with E-state index in [9.17, 15) is 9.90 Å². The average molecular weight is 289 g/mol. The van der Waals surface area contributed by atoms with Gasteiger partial charge in [0.1, 0.15) is 6.10 Å².